The summed E-state index contributed by atoms with van der Waals surface area (Å²) in [7, 11) is 4.39. The summed E-state index contributed by atoms with van der Waals surface area (Å²) in [5.74, 6) is 0.984. The second kappa shape index (κ2) is 3.81. The van der Waals surface area contributed by atoms with Gasteiger partial charge in [-0.15, -0.1) is 11.8 Å². The van der Waals surface area contributed by atoms with E-state index in [2.05, 4.69) is 44.6 Å². The van der Waals surface area contributed by atoms with Crippen molar-refractivity contribution in [3.05, 3.63) is 0 Å². The van der Waals surface area contributed by atoms with Crippen molar-refractivity contribution in [3.8, 4) is 0 Å². The molecule has 1 rings (SSSR count). The van der Waals surface area contributed by atoms with Crippen LogP contribution in [0.1, 0.15) is 26.7 Å². The van der Waals surface area contributed by atoms with Crippen molar-refractivity contribution >= 4 is 11.8 Å². The Morgan fingerprint density at radius 2 is 1.82 bits per heavy atom. The summed E-state index contributed by atoms with van der Waals surface area (Å²) < 4.78 is 0. The Balaban J connectivity index is 2.32. The molecule has 0 saturated heterocycles. The van der Waals surface area contributed by atoms with Crippen LogP contribution in [-0.4, -0.2) is 29.6 Å². The predicted molar refractivity (Wildman–Crippen MR) is 52.9 cm³/mol. The van der Waals surface area contributed by atoms with E-state index in [0.717, 1.165) is 16.5 Å². The van der Waals surface area contributed by atoms with Crippen LogP contribution in [0.15, 0.2) is 0 Å². The lowest BCUT2D eigenvalue weighted by Crippen LogP contribution is -2.27. The molecular weight excluding hydrogens is 154 g/mol. The van der Waals surface area contributed by atoms with E-state index in [1.54, 1.807) is 0 Å². The molecule has 66 valence electrons. The normalized spacial score (nSPS) is 21.3. The maximum Gasteiger partial charge on any atom is 0.0583 e. The zero-order valence-corrected chi connectivity index (χ0v) is 8.82. The van der Waals surface area contributed by atoms with Crippen molar-refractivity contribution in [3.63, 3.8) is 0 Å². The lowest BCUT2D eigenvalue weighted by atomic mass is 10.4. The molecule has 2 heteroatoms. The van der Waals surface area contributed by atoms with Gasteiger partial charge in [-0.2, -0.15) is 0 Å². The third kappa shape index (κ3) is 3.04. The first-order chi connectivity index (χ1) is 5.11. The van der Waals surface area contributed by atoms with Gasteiger partial charge in [0.05, 0.1) is 5.37 Å². The smallest absolute Gasteiger partial charge is 0.0583 e. The standard InChI is InChI=1S/C9H19NS/c1-7(2)11-9(10(3)4)8-5-6-8/h7-9H,5-6H2,1-4H3. The summed E-state index contributed by atoms with van der Waals surface area (Å²) >= 11 is 2.10. The molecule has 0 N–H and O–H groups in total. The van der Waals surface area contributed by atoms with Crippen LogP contribution in [0.2, 0.25) is 0 Å². The molecule has 0 aromatic heterocycles. The third-order valence-electron chi connectivity index (χ3n) is 1.95. The van der Waals surface area contributed by atoms with E-state index in [4.69, 9.17) is 0 Å². The van der Waals surface area contributed by atoms with Crippen molar-refractivity contribution in [2.24, 2.45) is 5.92 Å². The molecule has 1 fully saturated rings. The molecule has 0 amide bonds. The van der Waals surface area contributed by atoms with Crippen LogP contribution in [0.3, 0.4) is 0 Å². The van der Waals surface area contributed by atoms with Gasteiger partial charge in [0.1, 0.15) is 0 Å². The number of hydrogen-bond acceptors (Lipinski definition) is 2. The van der Waals surface area contributed by atoms with Crippen LogP contribution >= 0.6 is 11.8 Å². The van der Waals surface area contributed by atoms with Gasteiger partial charge in [-0.05, 0) is 32.9 Å². The van der Waals surface area contributed by atoms with Gasteiger partial charge in [-0.1, -0.05) is 13.8 Å². The number of rotatable bonds is 4. The zero-order valence-electron chi connectivity index (χ0n) is 8.00. The molecule has 0 heterocycles. The van der Waals surface area contributed by atoms with Gasteiger partial charge >= 0.3 is 0 Å². The lowest BCUT2D eigenvalue weighted by molar-refractivity contribution is 0.354. The minimum atomic E-state index is 0.767. The van der Waals surface area contributed by atoms with Gasteiger partial charge in [0, 0.05) is 5.25 Å². The van der Waals surface area contributed by atoms with E-state index in [9.17, 15) is 0 Å². The van der Waals surface area contributed by atoms with Gasteiger partial charge in [0.2, 0.25) is 0 Å². The Bertz CT molecular complexity index is 117. The topological polar surface area (TPSA) is 3.24 Å². The highest BCUT2D eigenvalue weighted by Crippen LogP contribution is 2.40. The van der Waals surface area contributed by atoms with E-state index in [1.165, 1.54) is 12.8 Å². The summed E-state index contributed by atoms with van der Waals surface area (Å²) in [6.45, 7) is 4.56. The Labute approximate surface area is 74.5 Å². The van der Waals surface area contributed by atoms with Gasteiger partial charge in [-0.3, -0.25) is 4.90 Å². The Morgan fingerprint density at radius 1 is 1.27 bits per heavy atom. The number of hydrogen-bond donors (Lipinski definition) is 0. The molecule has 0 bridgehead atoms. The second-order valence-corrected chi connectivity index (χ2v) is 5.57. The second-order valence-electron chi connectivity index (χ2n) is 3.88. The van der Waals surface area contributed by atoms with Gasteiger partial charge < -0.3 is 0 Å². The highest BCUT2D eigenvalue weighted by atomic mass is 32.2. The summed E-state index contributed by atoms with van der Waals surface area (Å²) in [6.07, 6.45) is 2.89. The molecule has 0 aromatic carbocycles. The summed E-state index contributed by atoms with van der Waals surface area (Å²) in [5.41, 5.74) is 0. The van der Waals surface area contributed by atoms with Crippen molar-refractivity contribution in [1.82, 2.24) is 4.90 Å². The molecule has 1 nitrogen and oxygen atoms in total. The Kier molecular flexibility index (Phi) is 3.26. The van der Waals surface area contributed by atoms with Crippen LogP contribution in [0.5, 0.6) is 0 Å². The highest BCUT2D eigenvalue weighted by molar-refractivity contribution is 8.00. The molecule has 0 aromatic rings. The van der Waals surface area contributed by atoms with Crippen LogP contribution in [-0.2, 0) is 0 Å². The molecule has 11 heavy (non-hydrogen) atoms. The fraction of sp³-hybridized carbons (Fsp3) is 1.00. The van der Waals surface area contributed by atoms with Gasteiger partial charge in [-0.25, -0.2) is 0 Å². The molecule has 0 radical (unpaired) electrons. The first-order valence-corrected chi connectivity index (χ1v) is 5.37. The van der Waals surface area contributed by atoms with Crippen LogP contribution in [0, 0.1) is 5.92 Å². The Hall–Kier alpha value is 0.310. The largest absolute Gasteiger partial charge is 0.297 e. The minimum Gasteiger partial charge on any atom is -0.297 e. The third-order valence-corrected chi connectivity index (χ3v) is 3.58. The van der Waals surface area contributed by atoms with Crippen molar-refractivity contribution in [1.29, 1.82) is 0 Å². The quantitative estimate of drug-likeness (QED) is 0.601. The number of nitrogens with zero attached hydrogens (tertiary/aromatic N) is 1. The van der Waals surface area contributed by atoms with E-state index in [-0.39, 0.29) is 0 Å². The summed E-state index contributed by atoms with van der Waals surface area (Å²) in [5, 5.41) is 1.54. The first-order valence-electron chi connectivity index (χ1n) is 4.43. The van der Waals surface area contributed by atoms with E-state index < -0.39 is 0 Å². The molecule has 1 saturated carbocycles. The fourth-order valence-corrected chi connectivity index (χ4v) is 2.61. The van der Waals surface area contributed by atoms with Crippen molar-refractivity contribution in [2.45, 2.75) is 37.3 Å². The van der Waals surface area contributed by atoms with Gasteiger partial charge in [0.15, 0.2) is 0 Å². The molecule has 0 aliphatic heterocycles. The minimum absolute atomic E-state index is 0.767. The van der Waals surface area contributed by atoms with Crippen molar-refractivity contribution in [2.75, 3.05) is 14.1 Å². The molecular formula is C9H19NS. The molecule has 0 spiro atoms. The summed E-state index contributed by atoms with van der Waals surface area (Å²) in [4.78, 5) is 2.36. The maximum absolute atomic E-state index is 2.36. The SMILES string of the molecule is CC(C)SC(C1CC1)N(C)C. The zero-order chi connectivity index (χ0) is 8.43. The highest BCUT2D eigenvalue weighted by Gasteiger charge is 2.33. The first kappa shape index (κ1) is 9.40. The van der Waals surface area contributed by atoms with Crippen LogP contribution in [0.25, 0.3) is 0 Å². The Morgan fingerprint density at radius 3 is 2.09 bits per heavy atom. The maximum atomic E-state index is 2.36. The summed E-state index contributed by atoms with van der Waals surface area (Å²) in [6, 6.07) is 0. The van der Waals surface area contributed by atoms with E-state index in [0.29, 0.717) is 0 Å². The molecule has 1 atom stereocenters. The predicted octanol–water partition coefficient (Wildman–Crippen LogP) is 2.43. The lowest BCUT2D eigenvalue weighted by Gasteiger charge is -2.25. The van der Waals surface area contributed by atoms with Gasteiger partial charge in [0.25, 0.3) is 0 Å². The monoisotopic (exact) mass is 173 g/mol. The molecule has 1 aliphatic carbocycles. The fourth-order valence-electron chi connectivity index (χ4n) is 1.31. The number of thioether (sulfide) groups is 1. The average Bonchev–Trinajstić information content (AvgIpc) is 2.63. The molecule has 1 unspecified atom stereocenters. The van der Waals surface area contributed by atoms with E-state index in [1.807, 2.05) is 0 Å². The van der Waals surface area contributed by atoms with Crippen LogP contribution < -0.4 is 0 Å². The van der Waals surface area contributed by atoms with Crippen LogP contribution in [0.4, 0.5) is 0 Å². The van der Waals surface area contributed by atoms with E-state index >= 15 is 0 Å². The average molecular weight is 173 g/mol. The van der Waals surface area contributed by atoms with Crippen molar-refractivity contribution < 1.29 is 0 Å². The molecule has 1 aliphatic rings.